The van der Waals surface area contributed by atoms with Crippen LogP contribution in [0, 0.1) is 0 Å². The number of carbonyl (C=O) groups excluding carboxylic acids is 1. The third kappa shape index (κ3) is 1.95. The number of amides is 1. The van der Waals surface area contributed by atoms with Gasteiger partial charge in [0.15, 0.2) is 0 Å². The van der Waals surface area contributed by atoms with Gasteiger partial charge in [0.2, 0.25) is 5.91 Å². The first-order valence-corrected chi connectivity index (χ1v) is 5.64. The molecule has 1 atom stereocenters. The Hall–Kier alpha value is -1.35. The summed E-state index contributed by atoms with van der Waals surface area (Å²) in [4.78, 5) is 13.9. The maximum atomic E-state index is 12.0. The highest BCUT2D eigenvalue weighted by atomic mass is 16.2. The van der Waals surface area contributed by atoms with Crippen LogP contribution in [0.15, 0.2) is 30.3 Å². The Morgan fingerprint density at radius 1 is 1.31 bits per heavy atom. The molecule has 3 heteroatoms. The van der Waals surface area contributed by atoms with Gasteiger partial charge in [0.1, 0.15) is 0 Å². The molecule has 0 saturated carbocycles. The van der Waals surface area contributed by atoms with Crippen LogP contribution < -0.4 is 5.32 Å². The zero-order chi connectivity index (χ0) is 11.8. The average Bonchev–Trinajstić information content (AvgIpc) is 2.42. The molecule has 1 aliphatic heterocycles. The quantitative estimate of drug-likeness (QED) is 0.820. The third-order valence-electron chi connectivity index (χ3n) is 3.06. The second-order valence-electron chi connectivity index (χ2n) is 4.84. The van der Waals surface area contributed by atoms with Crippen molar-refractivity contribution in [2.45, 2.75) is 39.0 Å². The lowest BCUT2D eigenvalue weighted by molar-refractivity contribution is -0.131. The molecule has 1 fully saturated rings. The van der Waals surface area contributed by atoms with Gasteiger partial charge in [-0.15, -0.1) is 0 Å². The molecule has 1 aromatic rings. The van der Waals surface area contributed by atoms with Crippen molar-refractivity contribution in [1.29, 1.82) is 0 Å². The fraction of sp³-hybridized carbons (Fsp3) is 0.462. The maximum Gasteiger partial charge on any atom is 0.241 e. The number of rotatable bonds is 2. The van der Waals surface area contributed by atoms with E-state index in [1.165, 1.54) is 5.56 Å². The molecule has 0 aliphatic carbocycles. The van der Waals surface area contributed by atoms with Gasteiger partial charge in [-0.1, -0.05) is 30.3 Å². The van der Waals surface area contributed by atoms with Crippen molar-refractivity contribution in [3.8, 4) is 0 Å². The minimum atomic E-state index is -0.258. The zero-order valence-electron chi connectivity index (χ0n) is 10.0. The van der Waals surface area contributed by atoms with Crippen LogP contribution in [0.3, 0.4) is 0 Å². The van der Waals surface area contributed by atoms with Crippen molar-refractivity contribution in [1.82, 2.24) is 10.2 Å². The van der Waals surface area contributed by atoms with E-state index in [1.807, 2.05) is 56.0 Å². The molecule has 0 radical (unpaired) electrons. The fourth-order valence-electron chi connectivity index (χ4n) is 2.22. The molecule has 1 aromatic carbocycles. The van der Waals surface area contributed by atoms with Crippen LogP contribution in [-0.2, 0) is 11.3 Å². The highest BCUT2D eigenvalue weighted by Gasteiger charge is 2.41. The lowest BCUT2D eigenvalue weighted by Crippen LogP contribution is -2.46. The Labute approximate surface area is 96.5 Å². The van der Waals surface area contributed by atoms with Gasteiger partial charge < -0.3 is 4.90 Å². The van der Waals surface area contributed by atoms with Gasteiger partial charge >= 0.3 is 0 Å². The van der Waals surface area contributed by atoms with Crippen LogP contribution in [0.1, 0.15) is 26.3 Å². The van der Waals surface area contributed by atoms with E-state index >= 15 is 0 Å². The second-order valence-corrected chi connectivity index (χ2v) is 4.84. The standard InChI is InChI=1S/C13H18N2O/c1-10-12(16)15(13(2,3)14-10)9-11-7-5-4-6-8-11/h4-8,10,14H,9H2,1-3H3/t10-/m0/s1. The first-order valence-electron chi connectivity index (χ1n) is 5.64. The van der Waals surface area contributed by atoms with Gasteiger partial charge in [-0.3, -0.25) is 10.1 Å². The molecule has 0 spiro atoms. The molecule has 86 valence electrons. The first-order chi connectivity index (χ1) is 7.50. The van der Waals surface area contributed by atoms with Crippen LogP contribution in [0.5, 0.6) is 0 Å². The van der Waals surface area contributed by atoms with Crippen LogP contribution in [-0.4, -0.2) is 22.5 Å². The number of hydrogen-bond acceptors (Lipinski definition) is 2. The molecule has 0 bridgehead atoms. The van der Waals surface area contributed by atoms with Gasteiger partial charge in [0.25, 0.3) is 0 Å². The van der Waals surface area contributed by atoms with Gasteiger partial charge in [-0.05, 0) is 26.3 Å². The van der Waals surface area contributed by atoms with Crippen LogP contribution in [0.25, 0.3) is 0 Å². The van der Waals surface area contributed by atoms with Crippen LogP contribution >= 0.6 is 0 Å². The van der Waals surface area contributed by atoms with Crippen molar-refractivity contribution in [2.24, 2.45) is 0 Å². The maximum absolute atomic E-state index is 12.0. The van der Waals surface area contributed by atoms with E-state index in [-0.39, 0.29) is 17.6 Å². The number of hydrogen-bond donors (Lipinski definition) is 1. The lowest BCUT2D eigenvalue weighted by atomic mass is 10.1. The molecule has 1 saturated heterocycles. The summed E-state index contributed by atoms with van der Waals surface area (Å²) in [5.41, 5.74) is 0.909. The van der Waals surface area contributed by atoms with Crippen molar-refractivity contribution in [3.05, 3.63) is 35.9 Å². The summed E-state index contributed by atoms with van der Waals surface area (Å²) >= 11 is 0. The summed E-state index contributed by atoms with van der Waals surface area (Å²) in [6.45, 7) is 6.66. The minimum Gasteiger partial charge on any atom is -0.319 e. The predicted octanol–water partition coefficient (Wildman–Crippen LogP) is 1.74. The smallest absolute Gasteiger partial charge is 0.241 e. The molecule has 0 aromatic heterocycles. The molecule has 3 nitrogen and oxygen atoms in total. The van der Waals surface area contributed by atoms with Crippen molar-refractivity contribution in [3.63, 3.8) is 0 Å². The van der Waals surface area contributed by atoms with Gasteiger partial charge in [-0.25, -0.2) is 0 Å². The van der Waals surface area contributed by atoms with E-state index in [2.05, 4.69) is 5.32 Å². The largest absolute Gasteiger partial charge is 0.319 e. The fourth-order valence-corrected chi connectivity index (χ4v) is 2.22. The number of carbonyl (C=O) groups is 1. The lowest BCUT2D eigenvalue weighted by Gasteiger charge is -2.31. The van der Waals surface area contributed by atoms with Gasteiger partial charge in [-0.2, -0.15) is 0 Å². The van der Waals surface area contributed by atoms with Crippen LogP contribution in [0.4, 0.5) is 0 Å². The molecule has 1 aliphatic rings. The molecule has 1 heterocycles. The Bertz CT molecular complexity index is 386. The Morgan fingerprint density at radius 2 is 1.94 bits per heavy atom. The van der Waals surface area contributed by atoms with Gasteiger partial charge in [0, 0.05) is 6.54 Å². The molecular formula is C13H18N2O. The molecule has 0 unspecified atom stereocenters. The first kappa shape index (κ1) is 11.1. The molecule has 16 heavy (non-hydrogen) atoms. The predicted molar refractivity (Wildman–Crippen MR) is 63.7 cm³/mol. The average molecular weight is 218 g/mol. The van der Waals surface area contributed by atoms with E-state index in [0.717, 1.165) is 0 Å². The molecule has 1 N–H and O–H groups in total. The molecule has 1 amide bonds. The van der Waals surface area contributed by atoms with Crippen molar-refractivity contribution < 1.29 is 4.79 Å². The van der Waals surface area contributed by atoms with Crippen LogP contribution in [0.2, 0.25) is 0 Å². The number of nitrogens with one attached hydrogen (secondary N) is 1. The third-order valence-corrected chi connectivity index (χ3v) is 3.06. The zero-order valence-corrected chi connectivity index (χ0v) is 10.0. The van der Waals surface area contributed by atoms with Crippen molar-refractivity contribution >= 4 is 5.91 Å². The number of nitrogens with zero attached hydrogens (tertiary/aromatic N) is 1. The number of benzene rings is 1. The summed E-state index contributed by atoms with van der Waals surface area (Å²) in [6.07, 6.45) is 0. The van der Waals surface area contributed by atoms with E-state index in [9.17, 15) is 4.79 Å². The summed E-state index contributed by atoms with van der Waals surface area (Å²) in [5, 5.41) is 3.29. The van der Waals surface area contributed by atoms with Gasteiger partial charge in [0.05, 0.1) is 11.7 Å². The van der Waals surface area contributed by atoms with E-state index in [0.29, 0.717) is 6.54 Å². The van der Waals surface area contributed by atoms with E-state index < -0.39 is 0 Å². The monoisotopic (exact) mass is 218 g/mol. The Balaban J connectivity index is 2.18. The van der Waals surface area contributed by atoms with E-state index in [1.54, 1.807) is 0 Å². The highest BCUT2D eigenvalue weighted by Crippen LogP contribution is 2.23. The Morgan fingerprint density at radius 3 is 2.44 bits per heavy atom. The SMILES string of the molecule is C[C@@H]1NC(C)(C)N(Cc2ccccc2)C1=O. The minimum absolute atomic E-state index is 0.0845. The summed E-state index contributed by atoms with van der Waals surface area (Å²) in [7, 11) is 0. The summed E-state index contributed by atoms with van der Waals surface area (Å²) in [5.74, 6) is 0.175. The highest BCUT2D eigenvalue weighted by molar-refractivity contribution is 5.84. The molecular weight excluding hydrogens is 200 g/mol. The van der Waals surface area contributed by atoms with E-state index in [4.69, 9.17) is 0 Å². The summed E-state index contributed by atoms with van der Waals surface area (Å²) < 4.78 is 0. The topological polar surface area (TPSA) is 32.3 Å². The normalized spacial score (nSPS) is 23.8. The van der Waals surface area contributed by atoms with Crippen molar-refractivity contribution in [2.75, 3.05) is 0 Å². The Kier molecular flexibility index (Phi) is 2.72. The molecule has 2 rings (SSSR count). The summed E-state index contributed by atoms with van der Waals surface area (Å²) in [6, 6.07) is 10.00. The second kappa shape index (κ2) is 3.91.